The molecule has 0 radical (unpaired) electrons. The highest BCUT2D eigenvalue weighted by atomic mass is 32.2. The molecule has 78 valence electrons. The van der Waals surface area contributed by atoms with Gasteiger partial charge in [-0.05, 0) is 18.6 Å². The van der Waals surface area contributed by atoms with Gasteiger partial charge in [-0.2, -0.15) is 5.26 Å². The molecule has 0 saturated heterocycles. The quantitative estimate of drug-likeness (QED) is 0.787. The Bertz CT molecular complexity index is 518. The fourth-order valence-corrected chi connectivity index (χ4v) is 3.49. The summed E-state index contributed by atoms with van der Waals surface area (Å²) in [7, 11) is -3.43. The molecule has 1 fully saturated rings. The predicted octanol–water partition coefficient (Wildman–Crippen LogP) is 0.454. The number of benzene rings is 1. The van der Waals surface area contributed by atoms with E-state index in [1.165, 1.54) is 12.1 Å². The summed E-state index contributed by atoms with van der Waals surface area (Å²) in [5.74, 6) is 0. The lowest BCUT2D eigenvalue weighted by Crippen LogP contribution is -2.28. The molecule has 0 bridgehead atoms. The third kappa shape index (κ3) is 1.52. The van der Waals surface area contributed by atoms with E-state index in [2.05, 4.69) is 0 Å². The zero-order valence-electron chi connectivity index (χ0n) is 7.92. The van der Waals surface area contributed by atoms with E-state index in [4.69, 9.17) is 11.0 Å². The average Bonchev–Trinajstić information content (AvgIpc) is 2.94. The number of nitrogens with two attached hydrogens (primary N) is 1. The highest BCUT2D eigenvalue weighted by Crippen LogP contribution is 2.41. The first kappa shape index (κ1) is 10.1. The largest absolute Gasteiger partial charge is 0.312 e. The molecule has 15 heavy (non-hydrogen) atoms. The van der Waals surface area contributed by atoms with Gasteiger partial charge in [-0.1, -0.05) is 18.2 Å². The minimum Gasteiger partial charge on any atom is -0.312 e. The number of nitriles is 1. The summed E-state index contributed by atoms with van der Waals surface area (Å²) in [5, 5.41) is 7.95. The monoisotopic (exact) mass is 222 g/mol. The van der Waals surface area contributed by atoms with Gasteiger partial charge in [-0.15, -0.1) is 0 Å². The van der Waals surface area contributed by atoms with Crippen molar-refractivity contribution in [2.75, 3.05) is 0 Å². The molecule has 1 aromatic carbocycles. The number of rotatable bonds is 2. The van der Waals surface area contributed by atoms with E-state index in [0.717, 1.165) is 0 Å². The fraction of sp³-hybridized carbons (Fsp3) is 0.300. The van der Waals surface area contributed by atoms with Gasteiger partial charge in [0, 0.05) is 0 Å². The molecule has 0 aromatic heterocycles. The van der Waals surface area contributed by atoms with Crippen molar-refractivity contribution < 1.29 is 8.42 Å². The van der Waals surface area contributed by atoms with Gasteiger partial charge in [-0.25, -0.2) is 8.42 Å². The van der Waals surface area contributed by atoms with Crippen molar-refractivity contribution in [2.24, 2.45) is 5.73 Å². The molecular formula is C10H10N2O2S. The molecule has 2 N–H and O–H groups in total. The van der Waals surface area contributed by atoms with Crippen LogP contribution in [0.5, 0.6) is 0 Å². The molecule has 0 amide bonds. The van der Waals surface area contributed by atoms with E-state index in [-0.39, 0.29) is 11.3 Å². The Morgan fingerprint density at radius 2 is 2.00 bits per heavy atom. The van der Waals surface area contributed by atoms with Gasteiger partial charge in [0.1, 0.15) is 10.8 Å². The van der Waals surface area contributed by atoms with Crippen molar-refractivity contribution in [3.05, 3.63) is 30.3 Å². The molecule has 0 aliphatic heterocycles. The zero-order chi connectivity index (χ0) is 11.1. The Balaban J connectivity index is 2.37. The van der Waals surface area contributed by atoms with E-state index in [1.54, 1.807) is 18.2 Å². The van der Waals surface area contributed by atoms with Crippen molar-refractivity contribution in [3.8, 4) is 6.07 Å². The lowest BCUT2D eigenvalue weighted by Gasteiger charge is -2.04. The summed E-state index contributed by atoms with van der Waals surface area (Å²) in [6, 6.07) is 9.93. The maximum Gasteiger partial charge on any atom is 0.184 e. The molecule has 0 spiro atoms. The molecule has 1 aliphatic rings. The Morgan fingerprint density at radius 1 is 1.40 bits per heavy atom. The van der Waals surface area contributed by atoms with E-state index in [9.17, 15) is 8.42 Å². The van der Waals surface area contributed by atoms with Gasteiger partial charge < -0.3 is 5.73 Å². The first-order valence-electron chi connectivity index (χ1n) is 4.50. The molecule has 2 atom stereocenters. The van der Waals surface area contributed by atoms with Crippen LogP contribution in [0.4, 0.5) is 0 Å². The molecule has 1 aliphatic carbocycles. The standard InChI is InChI=1S/C10H10N2O2S/c11-7-10(12)6-9(10)15(13,14)8-4-2-1-3-5-8/h1-5,9H,6,12H2. The van der Waals surface area contributed by atoms with E-state index in [0.29, 0.717) is 0 Å². The van der Waals surface area contributed by atoms with E-state index in [1.807, 2.05) is 6.07 Å². The van der Waals surface area contributed by atoms with Crippen LogP contribution in [0.1, 0.15) is 6.42 Å². The van der Waals surface area contributed by atoms with Gasteiger partial charge in [0.15, 0.2) is 9.84 Å². The van der Waals surface area contributed by atoms with Crippen LogP contribution in [-0.4, -0.2) is 19.2 Å². The average molecular weight is 222 g/mol. The first-order chi connectivity index (χ1) is 7.00. The lowest BCUT2D eigenvalue weighted by molar-refractivity contribution is 0.592. The lowest BCUT2D eigenvalue weighted by atomic mass is 10.3. The SMILES string of the molecule is N#CC1(N)CC1S(=O)(=O)c1ccccc1. The number of hydrogen-bond acceptors (Lipinski definition) is 4. The minimum absolute atomic E-state index is 0.223. The van der Waals surface area contributed by atoms with Crippen molar-refractivity contribution >= 4 is 9.84 Å². The van der Waals surface area contributed by atoms with Gasteiger partial charge in [-0.3, -0.25) is 0 Å². The second-order valence-electron chi connectivity index (χ2n) is 3.70. The van der Waals surface area contributed by atoms with E-state index < -0.39 is 20.6 Å². The summed E-state index contributed by atoms with van der Waals surface area (Å²) in [6.45, 7) is 0. The van der Waals surface area contributed by atoms with Gasteiger partial charge >= 0.3 is 0 Å². The summed E-state index contributed by atoms with van der Waals surface area (Å²) in [6.07, 6.45) is 0.223. The first-order valence-corrected chi connectivity index (χ1v) is 6.04. The Kier molecular flexibility index (Phi) is 2.07. The van der Waals surface area contributed by atoms with Crippen LogP contribution in [0.2, 0.25) is 0 Å². The molecular weight excluding hydrogens is 212 g/mol. The molecule has 2 unspecified atom stereocenters. The highest BCUT2D eigenvalue weighted by molar-refractivity contribution is 7.92. The van der Waals surface area contributed by atoms with Crippen LogP contribution < -0.4 is 5.73 Å². The van der Waals surface area contributed by atoms with Gasteiger partial charge in [0.05, 0.1) is 11.0 Å². The van der Waals surface area contributed by atoms with Crippen LogP contribution in [0.3, 0.4) is 0 Å². The molecule has 4 nitrogen and oxygen atoms in total. The van der Waals surface area contributed by atoms with Crippen LogP contribution in [0.25, 0.3) is 0 Å². The molecule has 0 heterocycles. The minimum atomic E-state index is -3.43. The topological polar surface area (TPSA) is 83.9 Å². The Labute approximate surface area is 88.2 Å². The van der Waals surface area contributed by atoms with Crippen molar-refractivity contribution in [2.45, 2.75) is 22.1 Å². The fourth-order valence-electron chi connectivity index (χ4n) is 1.53. The van der Waals surface area contributed by atoms with Crippen molar-refractivity contribution in [1.82, 2.24) is 0 Å². The molecule has 2 rings (SSSR count). The van der Waals surface area contributed by atoms with Gasteiger partial charge in [0.25, 0.3) is 0 Å². The Morgan fingerprint density at radius 3 is 2.47 bits per heavy atom. The summed E-state index contributed by atoms with van der Waals surface area (Å²) in [4.78, 5) is 0.234. The summed E-state index contributed by atoms with van der Waals surface area (Å²) < 4.78 is 23.9. The van der Waals surface area contributed by atoms with Crippen molar-refractivity contribution in [1.29, 1.82) is 5.26 Å². The van der Waals surface area contributed by atoms with Crippen molar-refractivity contribution in [3.63, 3.8) is 0 Å². The van der Waals surface area contributed by atoms with E-state index >= 15 is 0 Å². The predicted molar refractivity (Wildman–Crippen MR) is 54.6 cm³/mol. The smallest absolute Gasteiger partial charge is 0.184 e. The zero-order valence-corrected chi connectivity index (χ0v) is 8.74. The van der Waals surface area contributed by atoms with Crippen LogP contribution in [-0.2, 0) is 9.84 Å². The number of hydrogen-bond donors (Lipinski definition) is 1. The normalized spacial score (nSPS) is 29.5. The maximum atomic E-state index is 11.9. The third-order valence-electron chi connectivity index (χ3n) is 2.59. The number of sulfone groups is 1. The van der Waals surface area contributed by atoms with Crippen LogP contribution in [0, 0.1) is 11.3 Å². The Hall–Kier alpha value is -1.38. The maximum absolute atomic E-state index is 11.9. The molecule has 5 heteroatoms. The van der Waals surface area contributed by atoms with Crippen LogP contribution >= 0.6 is 0 Å². The molecule has 1 saturated carbocycles. The summed E-state index contributed by atoms with van der Waals surface area (Å²) >= 11 is 0. The third-order valence-corrected chi connectivity index (χ3v) is 4.86. The highest BCUT2D eigenvalue weighted by Gasteiger charge is 2.60. The number of nitrogens with zero attached hydrogens (tertiary/aromatic N) is 1. The second-order valence-corrected chi connectivity index (χ2v) is 5.83. The van der Waals surface area contributed by atoms with Crippen LogP contribution in [0.15, 0.2) is 35.2 Å². The van der Waals surface area contributed by atoms with Gasteiger partial charge in [0.2, 0.25) is 0 Å². The summed E-state index contributed by atoms with van der Waals surface area (Å²) in [5.41, 5.74) is 4.39. The molecule has 1 aromatic rings. The second kappa shape index (κ2) is 3.05.